The van der Waals surface area contributed by atoms with Gasteiger partial charge in [-0.05, 0) is 11.1 Å². The van der Waals surface area contributed by atoms with Crippen LogP contribution in [0.15, 0.2) is 36.0 Å². The summed E-state index contributed by atoms with van der Waals surface area (Å²) in [5.41, 5.74) is 9.30. The molecule has 0 bridgehead atoms. The van der Waals surface area contributed by atoms with Crippen molar-refractivity contribution in [2.45, 2.75) is 13.1 Å². The summed E-state index contributed by atoms with van der Waals surface area (Å²) in [4.78, 5) is 16.1. The molecule has 0 saturated carbocycles. The van der Waals surface area contributed by atoms with E-state index in [9.17, 15) is 4.79 Å². The van der Waals surface area contributed by atoms with Crippen LogP contribution in [0, 0.1) is 0 Å². The Morgan fingerprint density at radius 1 is 1.29 bits per heavy atom. The van der Waals surface area contributed by atoms with E-state index in [4.69, 9.17) is 5.73 Å². The zero-order chi connectivity index (χ0) is 12.1. The molecule has 3 N–H and O–H groups in total. The van der Waals surface area contributed by atoms with E-state index in [1.807, 2.05) is 24.3 Å². The number of benzene rings is 1. The van der Waals surface area contributed by atoms with Gasteiger partial charge in [0.1, 0.15) is 4.88 Å². The molecular weight excluding hydrogens is 234 g/mol. The summed E-state index contributed by atoms with van der Waals surface area (Å²) in [7, 11) is 0. The zero-order valence-corrected chi connectivity index (χ0v) is 10.0. The summed E-state index contributed by atoms with van der Waals surface area (Å²) in [5.74, 6) is -0.0876. The minimum atomic E-state index is -0.0876. The number of thiazole rings is 1. The monoisotopic (exact) mass is 247 g/mol. The van der Waals surface area contributed by atoms with E-state index in [1.54, 1.807) is 11.7 Å². The molecule has 1 aromatic heterocycles. The van der Waals surface area contributed by atoms with Crippen molar-refractivity contribution in [1.82, 2.24) is 10.3 Å². The maximum Gasteiger partial charge on any atom is 0.263 e. The number of carbonyl (C=O) groups is 1. The highest BCUT2D eigenvalue weighted by Gasteiger charge is 2.06. The van der Waals surface area contributed by atoms with Gasteiger partial charge in [-0.3, -0.25) is 9.78 Å². The molecular formula is C12H13N3OS. The summed E-state index contributed by atoms with van der Waals surface area (Å²) in [6.45, 7) is 1.05. The van der Waals surface area contributed by atoms with E-state index in [0.717, 1.165) is 11.1 Å². The Morgan fingerprint density at radius 2 is 2.00 bits per heavy atom. The van der Waals surface area contributed by atoms with E-state index in [2.05, 4.69) is 10.3 Å². The summed E-state index contributed by atoms with van der Waals surface area (Å²) < 4.78 is 0. The Bertz CT molecular complexity index is 479. The maximum absolute atomic E-state index is 11.6. The number of nitrogens with zero attached hydrogens (tertiary/aromatic N) is 1. The number of rotatable bonds is 4. The van der Waals surface area contributed by atoms with Gasteiger partial charge in [0.25, 0.3) is 5.91 Å². The van der Waals surface area contributed by atoms with Crippen LogP contribution in [-0.4, -0.2) is 10.9 Å². The highest BCUT2D eigenvalue weighted by molar-refractivity contribution is 7.11. The van der Waals surface area contributed by atoms with Crippen molar-refractivity contribution in [2.75, 3.05) is 0 Å². The average molecular weight is 247 g/mol. The topological polar surface area (TPSA) is 68.0 Å². The van der Waals surface area contributed by atoms with Crippen LogP contribution in [0.1, 0.15) is 20.8 Å². The van der Waals surface area contributed by atoms with Crippen molar-refractivity contribution in [3.8, 4) is 0 Å². The van der Waals surface area contributed by atoms with Crippen LogP contribution in [0.3, 0.4) is 0 Å². The van der Waals surface area contributed by atoms with E-state index in [0.29, 0.717) is 18.0 Å². The van der Waals surface area contributed by atoms with Gasteiger partial charge in [-0.1, -0.05) is 24.3 Å². The fraction of sp³-hybridized carbons (Fsp3) is 0.167. The quantitative estimate of drug-likeness (QED) is 0.861. The Kier molecular flexibility index (Phi) is 3.85. The zero-order valence-electron chi connectivity index (χ0n) is 9.22. The van der Waals surface area contributed by atoms with Gasteiger partial charge in [-0.25, -0.2) is 0 Å². The minimum Gasteiger partial charge on any atom is -0.347 e. The first-order valence-corrected chi connectivity index (χ1v) is 6.12. The molecule has 0 unspecified atom stereocenters. The molecule has 4 nitrogen and oxygen atoms in total. The van der Waals surface area contributed by atoms with Gasteiger partial charge >= 0.3 is 0 Å². The molecule has 2 aromatic rings. The first kappa shape index (κ1) is 11.8. The van der Waals surface area contributed by atoms with Crippen molar-refractivity contribution >= 4 is 17.2 Å². The Hall–Kier alpha value is -1.72. The predicted octanol–water partition coefficient (Wildman–Crippen LogP) is 1.53. The fourth-order valence-corrected chi connectivity index (χ4v) is 1.93. The normalized spacial score (nSPS) is 10.2. The third kappa shape index (κ3) is 3.12. The lowest BCUT2D eigenvalue weighted by Crippen LogP contribution is -2.21. The molecule has 1 amide bonds. The number of amides is 1. The number of carbonyl (C=O) groups excluding carboxylic acids is 1. The molecule has 0 atom stereocenters. The van der Waals surface area contributed by atoms with E-state index >= 15 is 0 Å². The third-order valence-electron chi connectivity index (χ3n) is 2.37. The fourth-order valence-electron chi connectivity index (χ4n) is 1.39. The molecule has 1 aromatic carbocycles. The molecule has 0 radical (unpaired) electrons. The van der Waals surface area contributed by atoms with Crippen molar-refractivity contribution in [3.63, 3.8) is 0 Å². The van der Waals surface area contributed by atoms with Crippen LogP contribution in [0.4, 0.5) is 0 Å². The van der Waals surface area contributed by atoms with Gasteiger partial charge in [0.05, 0.1) is 11.7 Å². The van der Waals surface area contributed by atoms with E-state index in [-0.39, 0.29) is 5.91 Å². The standard InChI is InChI=1S/C12H13N3OS/c13-5-9-1-3-10(4-2-9)6-15-12(16)11-7-14-8-17-11/h1-4,7-8H,5-6,13H2,(H,15,16). The second kappa shape index (κ2) is 5.56. The van der Waals surface area contributed by atoms with Gasteiger partial charge in [-0.15, -0.1) is 11.3 Å². The molecule has 0 saturated heterocycles. The van der Waals surface area contributed by atoms with Gasteiger partial charge in [-0.2, -0.15) is 0 Å². The summed E-state index contributed by atoms with van der Waals surface area (Å²) in [6, 6.07) is 7.87. The molecule has 0 aliphatic rings. The van der Waals surface area contributed by atoms with Crippen LogP contribution in [-0.2, 0) is 13.1 Å². The molecule has 5 heteroatoms. The molecule has 2 rings (SSSR count). The molecule has 0 aliphatic carbocycles. The van der Waals surface area contributed by atoms with Gasteiger partial charge < -0.3 is 11.1 Å². The van der Waals surface area contributed by atoms with Crippen molar-refractivity contribution < 1.29 is 4.79 Å². The number of nitrogens with one attached hydrogen (secondary N) is 1. The molecule has 0 spiro atoms. The molecule has 0 fully saturated rings. The highest BCUT2D eigenvalue weighted by atomic mass is 32.1. The first-order chi connectivity index (χ1) is 8.29. The lowest BCUT2D eigenvalue weighted by molar-refractivity contribution is 0.0955. The van der Waals surface area contributed by atoms with Crippen LogP contribution in [0.2, 0.25) is 0 Å². The highest BCUT2D eigenvalue weighted by Crippen LogP contribution is 2.07. The number of hydrogen-bond donors (Lipinski definition) is 2. The van der Waals surface area contributed by atoms with Gasteiger partial charge in [0.15, 0.2) is 0 Å². The molecule has 88 valence electrons. The third-order valence-corrected chi connectivity index (χ3v) is 3.14. The summed E-state index contributed by atoms with van der Waals surface area (Å²) in [6.07, 6.45) is 1.57. The lowest BCUT2D eigenvalue weighted by Gasteiger charge is -2.04. The molecule has 1 heterocycles. The second-order valence-electron chi connectivity index (χ2n) is 3.57. The van der Waals surface area contributed by atoms with Gasteiger partial charge in [0.2, 0.25) is 0 Å². The predicted molar refractivity (Wildman–Crippen MR) is 67.6 cm³/mol. The maximum atomic E-state index is 11.6. The SMILES string of the molecule is NCc1ccc(CNC(=O)c2cncs2)cc1. The largest absolute Gasteiger partial charge is 0.347 e. The van der Waals surface area contributed by atoms with Crippen LogP contribution in [0.25, 0.3) is 0 Å². The van der Waals surface area contributed by atoms with Gasteiger partial charge in [0, 0.05) is 13.1 Å². The lowest BCUT2D eigenvalue weighted by atomic mass is 10.1. The van der Waals surface area contributed by atoms with Crippen LogP contribution < -0.4 is 11.1 Å². The number of hydrogen-bond acceptors (Lipinski definition) is 4. The van der Waals surface area contributed by atoms with Crippen LogP contribution in [0.5, 0.6) is 0 Å². The summed E-state index contributed by atoms with van der Waals surface area (Å²) in [5, 5.41) is 2.84. The second-order valence-corrected chi connectivity index (χ2v) is 4.46. The minimum absolute atomic E-state index is 0.0876. The van der Waals surface area contributed by atoms with Crippen molar-refractivity contribution in [3.05, 3.63) is 52.0 Å². The van der Waals surface area contributed by atoms with Crippen molar-refractivity contribution in [2.24, 2.45) is 5.73 Å². The molecule has 0 aliphatic heterocycles. The Balaban J connectivity index is 1.91. The van der Waals surface area contributed by atoms with Crippen molar-refractivity contribution in [1.29, 1.82) is 0 Å². The first-order valence-electron chi connectivity index (χ1n) is 5.24. The smallest absolute Gasteiger partial charge is 0.263 e. The number of nitrogens with two attached hydrogens (primary N) is 1. The Labute approximate surface area is 103 Å². The van der Waals surface area contributed by atoms with E-state index in [1.165, 1.54) is 11.3 Å². The van der Waals surface area contributed by atoms with E-state index < -0.39 is 0 Å². The van der Waals surface area contributed by atoms with Crippen LogP contribution >= 0.6 is 11.3 Å². The number of aromatic nitrogens is 1. The average Bonchev–Trinajstić information content (AvgIpc) is 2.90. The molecule has 17 heavy (non-hydrogen) atoms. The summed E-state index contributed by atoms with van der Waals surface area (Å²) >= 11 is 1.33. The Morgan fingerprint density at radius 3 is 2.59 bits per heavy atom.